The summed E-state index contributed by atoms with van der Waals surface area (Å²) in [4.78, 5) is 26.8. The molecule has 0 saturated heterocycles. The van der Waals surface area contributed by atoms with E-state index in [1.807, 2.05) is 71.9 Å². The first-order valence-electron chi connectivity index (χ1n) is 7.80. The Bertz CT molecular complexity index is 521. The van der Waals surface area contributed by atoms with E-state index in [1.165, 1.54) is 0 Å². The fourth-order valence-electron chi connectivity index (χ4n) is 2.31. The third-order valence-corrected chi connectivity index (χ3v) is 3.83. The molecule has 3 heteroatoms. The van der Waals surface area contributed by atoms with Crippen LogP contribution in [0.3, 0.4) is 0 Å². The molecule has 0 heterocycles. The van der Waals surface area contributed by atoms with Crippen LogP contribution in [0.1, 0.15) is 59.6 Å². The highest BCUT2D eigenvalue weighted by atomic mass is 16.2. The van der Waals surface area contributed by atoms with Gasteiger partial charge in [-0.1, -0.05) is 71.9 Å². The predicted molar refractivity (Wildman–Crippen MR) is 90.5 cm³/mol. The summed E-state index contributed by atoms with van der Waals surface area (Å²) >= 11 is 0. The van der Waals surface area contributed by atoms with Crippen LogP contribution in [-0.4, -0.2) is 23.6 Å². The molecule has 22 heavy (non-hydrogen) atoms. The van der Waals surface area contributed by atoms with Gasteiger partial charge in [0.05, 0.1) is 6.04 Å². The van der Waals surface area contributed by atoms with Gasteiger partial charge in [-0.3, -0.25) is 9.59 Å². The second-order valence-electron chi connectivity index (χ2n) is 7.97. The van der Waals surface area contributed by atoms with Crippen molar-refractivity contribution >= 4 is 11.7 Å². The average molecular weight is 303 g/mol. The monoisotopic (exact) mass is 303 g/mol. The number of Topliss-reactive ketones (excluding diaryl/α,β-unsaturated/α-hetero) is 1. The van der Waals surface area contributed by atoms with Crippen LogP contribution in [-0.2, 0) is 9.59 Å². The zero-order chi connectivity index (χ0) is 17.1. The van der Waals surface area contributed by atoms with Crippen molar-refractivity contribution in [1.29, 1.82) is 0 Å². The fraction of sp³-hybridized carbons (Fsp3) is 0.579. The molecule has 0 aromatic heterocycles. The summed E-state index contributed by atoms with van der Waals surface area (Å²) in [6, 6.07) is 9.57. The van der Waals surface area contributed by atoms with Crippen molar-refractivity contribution in [2.24, 2.45) is 10.8 Å². The summed E-state index contributed by atoms with van der Waals surface area (Å²) in [5.41, 5.74) is 0.130. The first-order chi connectivity index (χ1) is 9.94. The summed E-state index contributed by atoms with van der Waals surface area (Å²) in [6.45, 7) is 11.5. The van der Waals surface area contributed by atoms with Gasteiger partial charge in [-0.15, -0.1) is 0 Å². The minimum absolute atomic E-state index is 0.0445. The van der Waals surface area contributed by atoms with E-state index < -0.39 is 10.8 Å². The highest BCUT2D eigenvalue weighted by Crippen LogP contribution is 2.31. The van der Waals surface area contributed by atoms with Crippen LogP contribution >= 0.6 is 0 Å². The van der Waals surface area contributed by atoms with E-state index in [2.05, 4.69) is 0 Å². The molecule has 0 bridgehead atoms. The Morgan fingerprint density at radius 1 is 0.955 bits per heavy atom. The van der Waals surface area contributed by atoms with Gasteiger partial charge in [-0.25, -0.2) is 0 Å². The lowest BCUT2D eigenvalue weighted by atomic mass is 9.84. The van der Waals surface area contributed by atoms with Crippen molar-refractivity contribution in [2.75, 3.05) is 7.05 Å². The van der Waals surface area contributed by atoms with Crippen LogP contribution in [0.25, 0.3) is 0 Å². The first-order valence-corrected chi connectivity index (χ1v) is 7.80. The van der Waals surface area contributed by atoms with Crippen molar-refractivity contribution < 1.29 is 9.59 Å². The van der Waals surface area contributed by atoms with E-state index in [-0.39, 0.29) is 17.7 Å². The van der Waals surface area contributed by atoms with E-state index in [0.29, 0.717) is 6.42 Å². The van der Waals surface area contributed by atoms with Crippen LogP contribution in [0.4, 0.5) is 0 Å². The van der Waals surface area contributed by atoms with Gasteiger partial charge in [0.1, 0.15) is 5.78 Å². The lowest BCUT2D eigenvalue weighted by Gasteiger charge is -2.34. The third-order valence-electron chi connectivity index (χ3n) is 3.83. The first kappa shape index (κ1) is 18.4. The van der Waals surface area contributed by atoms with Crippen molar-refractivity contribution in [1.82, 2.24) is 4.90 Å². The number of amides is 1. The average Bonchev–Trinajstić information content (AvgIpc) is 2.41. The summed E-state index contributed by atoms with van der Waals surface area (Å²) in [7, 11) is 1.79. The Morgan fingerprint density at radius 2 is 1.45 bits per heavy atom. The second kappa shape index (κ2) is 6.64. The van der Waals surface area contributed by atoms with Crippen molar-refractivity contribution in [3.63, 3.8) is 0 Å². The topological polar surface area (TPSA) is 37.4 Å². The molecular weight excluding hydrogens is 274 g/mol. The standard InChI is InChI=1S/C19H29NO2/c1-18(2,3)16(21)13-15(14-11-9-8-10-12-14)20(7)17(22)19(4,5)6/h8-12,15H,13H2,1-7H3/t15-/m0/s1. The predicted octanol–water partition coefficient (Wildman–Crippen LogP) is 4.24. The summed E-state index contributed by atoms with van der Waals surface area (Å²) in [6.07, 6.45) is 0.339. The normalized spacial score (nSPS) is 13.6. The molecule has 0 fully saturated rings. The maximum atomic E-state index is 12.6. The Hall–Kier alpha value is -1.64. The summed E-state index contributed by atoms with van der Waals surface area (Å²) < 4.78 is 0. The molecule has 0 aliphatic heterocycles. The van der Waals surface area contributed by atoms with Crippen LogP contribution in [0.15, 0.2) is 30.3 Å². The maximum Gasteiger partial charge on any atom is 0.228 e. The Kier molecular flexibility index (Phi) is 5.55. The summed E-state index contributed by atoms with van der Waals surface area (Å²) in [5.74, 6) is 0.206. The van der Waals surface area contributed by atoms with Gasteiger partial charge in [-0.05, 0) is 5.56 Å². The van der Waals surface area contributed by atoms with E-state index in [0.717, 1.165) is 5.56 Å². The molecule has 1 atom stereocenters. The highest BCUT2D eigenvalue weighted by molar-refractivity contribution is 5.86. The van der Waals surface area contributed by atoms with Gasteiger partial charge < -0.3 is 4.90 Å². The van der Waals surface area contributed by atoms with Crippen LogP contribution in [0.2, 0.25) is 0 Å². The molecule has 3 nitrogen and oxygen atoms in total. The smallest absolute Gasteiger partial charge is 0.228 e. The number of hydrogen-bond acceptors (Lipinski definition) is 2. The van der Waals surface area contributed by atoms with Gasteiger partial charge in [0.15, 0.2) is 0 Å². The molecule has 0 aliphatic rings. The lowest BCUT2D eigenvalue weighted by Crippen LogP contribution is -2.40. The van der Waals surface area contributed by atoms with Gasteiger partial charge in [0, 0.05) is 24.3 Å². The molecule has 1 aromatic carbocycles. The largest absolute Gasteiger partial charge is 0.338 e. The zero-order valence-corrected chi connectivity index (χ0v) is 14.9. The molecule has 1 aromatic rings. The SMILES string of the molecule is CN(C(=O)C(C)(C)C)[C@@H](CC(=O)C(C)(C)C)c1ccccc1. The Labute approximate surface area is 134 Å². The van der Waals surface area contributed by atoms with E-state index in [4.69, 9.17) is 0 Å². The molecule has 0 N–H and O–H groups in total. The minimum Gasteiger partial charge on any atom is -0.338 e. The molecule has 1 rings (SSSR count). The van der Waals surface area contributed by atoms with Crippen molar-refractivity contribution in [2.45, 2.75) is 54.0 Å². The number of benzene rings is 1. The van der Waals surface area contributed by atoms with Gasteiger partial charge in [0.25, 0.3) is 0 Å². The Balaban J connectivity index is 3.13. The molecule has 0 radical (unpaired) electrons. The van der Waals surface area contributed by atoms with Gasteiger partial charge in [0.2, 0.25) is 5.91 Å². The van der Waals surface area contributed by atoms with Gasteiger partial charge >= 0.3 is 0 Å². The molecule has 1 amide bonds. The number of ketones is 1. The number of rotatable bonds is 4. The molecule has 0 aliphatic carbocycles. The summed E-state index contributed by atoms with van der Waals surface area (Å²) in [5, 5.41) is 0. The van der Waals surface area contributed by atoms with E-state index in [9.17, 15) is 9.59 Å². The van der Waals surface area contributed by atoms with Crippen LogP contribution in [0, 0.1) is 10.8 Å². The molecule has 0 unspecified atom stereocenters. The molecule has 0 spiro atoms. The third kappa shape index (κ3) is 4.69. The lowest BCUT2D eigenvalue weighted by molar-refractivity contribution is -0.141. The van der Waals surface area contributed by atoms with E-state index >= 15 is 0 Å². The minimum atomic E-state index is -0.466. The quantitative estimate of drug-likeness (QED) is 0.834. The van der Waals surface area contributed by atoms with Crippen molar-refractivity contribution in [3.05, 3.63) is 35.9 Å². The second-order valence-corrected chi connectivity index (χ2v) is 7.97. The Morgan fingerprint density at radius 3 is 1.86 bits per heavy atom. The fourth-order valence-corrected chi connectivity index (χ4v) is 2.31. The zero-order valence-electron chi connectivity index (χ0n) is 14.9. The van der Waals surface area contributed by atoms with E-state index in [1.54, 1.807) is 11.9 Å². The molecule has 0 saturated carbocycles. The number of hydrogen-bond donors (Lipinski definition) is 0. The van der Waals surface area contributed by atoms with Crippen molar-refractivity contribution in [3.8, 4) is 0 Å². The maximum absolute atomic E-state index is 12.6. The highest BCUT2D eigenvalue weighted by Gasteiger charge is 2.33. The molecular formula is C19H29NO2. The van der Waals surface area contributed by atoms with Crippen LogP contribution < -0.4 is 0 Å². The number of carbonyl (C=O) groups is 2. The number of carbonyl (C=O) groups excluding carboxylic acids is 2. The van der Waals surface area contributed by atoms with Gasteiger partial charge in [-0.2, -0.15) is 0 Å². The van der Waals surface area contributed by atoms with Crippen LogP contribution in [0.5, 0.6) is 0 Å². The number of nitrogens with zero attached hydrogens (tertiary/aromatic N) is 1. The molecule has 122 valence electrons.